The molecule has 1 N–H and O–H groups in total. The molecule has 1 aromatic carbocycles. The summed E-state index contributed by atoms with van der Waals surface area (Å²) in [6.45, 7) is 3.43. The molecule has 0 aliphatic carbocycles. The Bertz CT molecular complexity index is 976. The number of fused-ring (bicyclic) bond motifs is 1. The highest BCUT2D eigenvalue weighted by atomic mass is 32.1. The van der Waals surface area contributed by atoms with Crippen molar-refractivity contribution in [1.82, 2.24) is 9.59 Å². The Hall–Kier alpha value is -2.74. The Labute approximate surface area is 140 Å². The van der Waals surface area contributed by atoms with Gasteiger partial charge < -0.3 is 14.3 Å². The van der Waals surface area contributed by atoms with Gasteiger partial charge in [-0.3, -0.25) is 0 Å². The normalized spacial score (nSPS) is 10.9. The van der Waals surface area contributed by atoms with Gasteiger partial charge in [0.1, 0.15) is 17.9 Å². The summed E-state index contributed by atoms with van der Waals surface area (Å²) in [7, 11) is 0. The fourth-order valence-electron chi connectivity index (χ4n) is 2.34. The fraction of sp³-hybridized carbons (Fsp3) is 0.250. The Morgan fingerprint density at radius 2 is 2.21 bits per heavy atom. The topological polar surface area (TPSA) is 103 Å². The van der Waals surface area contributed by atoms with Crippen LogP contribution >= 0.6 is 11.5 Å². The zero-order valence-corrected chi connectivity index (χ0v) is 13.8. The van der Waals surface area contributed by atoms with Crippen LogP contribution in [0.4, 0.5) is 0 Å². The molecule has 0 atom stereocenters. The van der Waals surface area contributed by atoms with E-state index in [0.717, 1.165) is 11.5 Å². The molecule has 0 unspecified atom stereocenters. The van der Waals surface area contributed by atoms with Crippen molar-refractivity contribution < 1.29 is 19.1 Å². The van der Waals surface area contributed by atoms with Gasteiger partial charge in [0.25, 0.3) is 0 Å². The van der Waals surface area contributed by atoms with Gasteiger partial charge in [0, 0.05) is 22.6 Å². The van der Waals surface area contributed by atoms with Crippen LogP contribution in [0.15, 0.2) is 27.4 Å². The van der Waals surface area contributed by atoms with Crippen molar-refractivity contribution in [3.8, 4) is 5.75 Å². The maximum atomic E-state index is 12.2. The van der Waals surface area contributed by atoms with Gasteiger partial charge in [-0.1, -0.05) is 11.4 Å². The minimum absolute atomic E-state index is 0.0307. The molecular formula is C16H14N2O5S. The van der Waals surface area contributed by atoms with E-state index in [9.17, 15) is 14.7 Å². The summed E-state index contributed by atoms with van der Waals surface area (Å²) in [4.78, 5) is 24.3. The van der Waals surface area contributed by atoms with E-state index in [-0.39, 0.29) is 17.9 Å². The Balaban J connectivity index is 1.92. The Morgan fingerprint density at radius 3 is 2.96 bits per heavy atom. The van der Waals surface area contributed by atoms with E-state index in [0.29, 0.717) is 33.5 Å². The molecule has 0 fully saturated rings. The van der Waals surface area contributed by atoms with Crippen molar-refractivity contribution in [3.63, 3.8) is 0 Å². The smallest absolute Gasteiger partial charge is 0.352 e. The highest BCUT2D eigenvalue weighted by Gasteiger charge is 2.18. The van der Waals surface area contributed by atoms with E-state index >= 15 is 0 Å². The molecule has 0 saturated carbocycles. The van der Waals surface area contributed by atoms with Crippen LogP contribution in [-0.2, 0) is 17.8 Å². The number of aryl methyl sites for hydroxylation is 2. The lowest BCUT2D eigenvalue weighted by atomic mass is 10.1. The van der Waals surface area contributed by atoms with E-state index in [1.807, 2.05) is 6.92 Å². The molecule has 0 saturated heterocycles. The average molecular weight is 346 g/mol. The monoisotopic (exact) mass is 346 g/mol. The summed E-state index contributed by atoms with van der Waals surface area (Å²) in [5.41, 5.74) is 1.26. The first-order chi connectivity index (χ1) is 11.5. The number of carbonyl (C=O) groups is 1. The second kappa shape index (κ2) is 6.40. The summed E-state index contributed by atoms with van der Waals surface area (Å²) >= 11 is 0.980. The molecule has 0 amide bonds. The third-order valence-electron chi connectivity index (χ3n) is 3.65. The van der Waals surface area contributed by atoms with Gasteiger partial charge in [-0.05, 0) is 37.0 Å². The van der Waals surface area contributed by atoms with Crippen LogP contribution in [0, 0.1) is 6.92 Å². The molecule has 3 aromatic rings. The van der Waals surface area contributed by atoms with Crippen LogP contribution in [0.3, 0.4) is 0 Å². The van der Waals surface area contributed by atoms with Gasteiger partial charge >= 0.3 is 11.6 Å². The van der Waals surface area contributed by atoms with Gasteiger partial charge in [-0.15, -0.1) is 5.10 Å². The number of aromatic hydroxyl groups is 1. The van der Waals surface area contributed by atoms with Crippen LogP contribution in [0.5, 0.6) is 5.75 Å². The van der Waals surface area contributed by atoms with Crippen molar-refractivity contribution in [1.29, 1.82) is 0 Å². The third kappa shape index (κ3) is 2.88. The molecule has 2 heterocycles. The number of rotatable bonds is 4. The van der Waals surface area contributed by atoms with Gasteiger partial charge in [-0.25, -0.2) is 9.59 Å². The van der Waals surface area contributed by atoms with Gasteiger partial charge in [0.15, 0.2) is 4.88 Å². The minimum Gasteiger partial charge on any atom is -0.508 e. The zero-order chi connectivity index (χ0) is 17.3. The number of carbonyl (C=O) groups excluding carboxylic acids is 1. The first kappa shape index (κ1) is 16.1. The Kier molecular flexibility index (Phi) is 4.30. The van der Waals surface area contributed by atoms with Crippen LogP contribution < -0.4 is 5.63 Å². The number of phenols is 1. The summed E-state index contributed by atoms with van der Waals surface area (Å²) in [6, 6.07) is 4.40. The van der Waals surface area contributed by atoms with Crippen molar-refractivity contribution >= 4 is 28.5 Å². The molecule has 8 heteroatoms. The van der Waals surface area contributed by atoms with E-state index in [1.165, 1.54) is 12.1 Å². The quantitative estimate of drug-likeness (QED) is 0.572. The Morgan fingerprint density at radius 1 is 1.42 bits per heavy atom. The van der Waals surface area contributed by atoms with E-state index in [2.05, 4.69) is 9.59 Å². The number of esters is 1. The maximum absolute atomic E-state index is 12.2. The lowest BCUT2D eigenvalue weighted by Crippen LogP contribution is -2.08. The van der Waals surface area contributed by atoms with Crippen LogP contribution in [0.1, 0.15) is 33.4 Å². The number of aromatic nitrogens is 2. The van der Waals surface area contributed by atoms with Gasteiger partial charge in [0.2, 0.25) is 0 Å². The third-order valence-corrected chi connectivity index (χ3v) is 4.40. The van der Waals surface area contributed by atoms with E-state index in [4.69, 9.17) is 9.15 Å². The molecule has 3 rings (SSSR count). The van der Waals surface area contributed by atoms with Gasteiger partial charge in [-0.2, -0.15) is 0 Å². The van der Waals surface area contributed by atoms with Crippen molar-refractivity contribution in [2.75, 3.05) is 0 Å². The molecule has 2 aromatic heterocycles. The molecule has 0 bridgehead atoms. The van der Waals surface area contributed by atoms with E-state index in [1.54, 1.807) is 13.0 Å². The van der Waals surface area contributed by atoms with Crippen molar-refractivity contribution in [2.45, 2.75) is 26.9 Å². The summed E-state index contributed by atoms with van der Waals surface area (Å²) < 4.78 is 14.2. The van der Waals surface area contributed by atoms with Crippen molar-refractivity contribution in [3.05, 3.63) is 50.3 Å². The largest absolute Gasteiger partial charge is 0.508 e. The molecule has 0 aliphatic heterocycles. The van der Waals surface area contributed by atoms with Crippen LogP contribution in [0.2, 0.25) is 0 Å². The van der Waals surface area contributed by atoms with E-state index < -0.39 is 11.6 Å². The number of phenolic OH excluding ortho intramolecular Hbond substituents is 1. The zero-order valence-electron chi connectivity index (χ0n) is 13.0. The first-order valence-electron chi connectivity index (χ1n) is 7.25. The molecular weight excluding hydrogens is 332 g/mol. The molecule has 124 valence electrons. The highest BCUT2D eigenvalue weighted by Crippen LogP contribution is 2.27. The molecule has 7 nitrogen and oxygen atoms in total. The van der Waals surface area contributed by atoms with Crippen LogP contribution in [-0.4, -0.2) is 20.7 Å². The number of ether oxygens (including phenoxy) is 1. The minimum atomic E-state index is -0.573. The van der Waals surface area contributed by atoms with Crippen molar-refractivity contribution in [2.24, 2.45) is 0 Å². The summed E-state index contributed by atoms with van der Waals surface area (Å²) in [5.74, 6) is -0.498. The molecule has 0 spiro atoms. The standard InChI is InChI=1S/C16H14N2O5S/c1-3-11-15(24-18-17-11)16(21)22-7-9-6-13(20)23-14-8(2)12(19)5-4-10(9)14/h4-6,19H,3,7H2,1-2H3. The second-order valence-electron chi connectivity index (χ2n) is 5.16. The number of nitrogens with zero attached hydrogens (tertiary/aromatic N) is 2. The summed E-state index contributed by atoms with van der Waals surface area (Å²) in [5, 5.41) is 14.2. The number of benzene rings is 1. The van der Waals surface area contributed by atoms with Gasteiger partial charge in [0.05, 0.1) is 5.69 Å². The summed E-state index contributed by atoms with van der Waals surface area (Å²) in [6.07, 6.45) is 0.581. The van der Waals surface area contributed by atoms with Crippen LogP contribution in [0.25, 0.3) is 11.0 Å². The first-order valence-corrected chi connectivity index (χ1v) is 8.02. The SMILES string of the molecule is CCc1nnsc1C(=O)OCc1cc(=O)oc2c(C)c(O)ccc12. The second-order valence-corrected chi connectivity index (χ2v) is 5.91. The maximum Gasteiger partial charge on any atom is 0.352 e. The molecule has 0 radical (unpaired) electrons. The predicted molar refractivity (Wildman–Crippen MR) is 87.3 cm³/mol. The number of hydrogen-bond donors (Lipinski definition) is 1. The average Bonchev–Trinajstić information content (AvgIpc) is 3.05. The number of hydrogen-bond acceptors (Lipinski definition) is 8. The fourth-order valence-corrected chi connectivity index (χ4v) is 2.98. The lowest BCUT2D eigenvalue weighted by Gasteiger charge is -2.09. The predicted octanol–water partition coefficient (Wildman–Crippen LogP) is 2.58. The highest BCUT2D eigenvalue weighted by molar-refractivity contribution is 7.07. The molecule has 24 heavy (non-hydrogen) atoms. The molecule has 0 aliphatic rings. The lowest BCUT2D eigenvalue weighted by molar-refractivity contribution is 0.0478.